The van der Waals surface area contributed by atoms with Crippen LogP contribution in [0.25, 0.3) is 0 Å². The Hall–Kier alpha value is -0.610. The largest absolute Gasteiger partial charge is 0.333 e. The van der Waals surface area contributed by atoms with E-state index in [1.807, 2.05) is 17.2 Å². The van der Waals surface area contributed by atoms with Crippen LogP contribution in [0.3, 0.4) is 0 Å². The number of carbonyl (C=O) groups is 1. The predicted molar refractivity (Wildman–Crippen MR) is 61.6 cm³/mol. The molecule has 1 aromatic rings. The molecule has 1 saturated heterocycles. The topological polar surface area (TPSA) is 33.2 Å². The molecule has 5 heteroatoms. The Bertz CT molecular complexity index is 366. The first-order valence-corrected chi connectivity index (χ1v) is 6.43. The molecule has 1 aliphatic heterocycles. The van der Waals surface area contributed by atoms with Crippen LogP contribution in [0.2, 0.25) is 0 Å². The Labute approximate surface area is 98.1 Å². The van der Waals surface area contributed by atoms with Gasteiger partial charge in [0.2, 0.25) is 0 Å². The highest BCUT2D eigenvalue weighted by molar-refractivity contribution is 7.09. The zero-order valence-corrected chi connectivity index (χ0v) is 10.1. The Morgan fingerprint density at radius 3 is 3.20 bits per heavy atom. The number of rotatable bonds is 2. The van der Waals surface area contributed by atoms with Gasteiger partial charge in [0.15, 0.2) is 0 Å². The van der Waals surface area contributed by atoms with Crippen LogP contribution in [0, 0.1) is 6.92 Å². The number of halogens is 1. The summed E-state index contributed by atoms with van der Waals surface area (Å²) in [6.45, 7) is 2.72. The number of likely N-dealkylation sites (tertiary alicyclic amines) is 1. The third kappa shape index (κ3) is 2.16. The van der Waals surface area contributed by atoms with Crippen molar-refractivity contribution >= 4 is 28.8 Å². The van der Waals surface area contributed by atoms with E-state index in [9.17, 15) is 4.79 Å². The average Bonchev–Trinajstić information content (AvgIpc) is 2.84. The second kappa shape index (κ2) is 4.49. The van der Waals surface area contributed by atoms with Crippen LogP contribution in [-0.4, -0.2) is 34.3 Å². The summed E-state index contributed by atoms with van der Waals surface area (Å²) < 4.78 is 0. The van der Waals surface area contributed by atoms with Gasteiger partial charge in [0, 0.05) is 23.8 Å². The molecule has 82 valence electrons. The lowest BCUT2D eigenvalue weighted by Gasteiger charge is -2.21. The maximum absolute atomic E-state index is 12.0. The average molecular weight is 245 g/mol. The molecule has 1 fully saturated rings. The van der Waals surface area contributed by atoms with Gasteiger partial charge in [0.1, 0.15) is 5.69 Å². The monoisotopic (exact) mass is 244 g/mol. The van der Waals surface area contributed by atoms with Gasteiger partial charge in [-0.25, -0.2) is 4.98 Å². The van der Waals surface area contributed by atoms with Gasteiger partial charge in [-0.3, -0.25) is 4.79 Å². The molecule has 0 N–H and O–H groups in total. The standard InChI is InChI=1S/C10H13ClN2OS/c1-7-12-9(6-15-7)10(14)13-4-2-3-8(13)5-11/h6,8H,2-5H2,1H3. The van der Waals surface area contributed by atoms with Gasteiger partial charge in [-0.05, 0) is 19.8 Å². The summed E-state index contributed by atoms with van der Waals surface area (Å²) in [5, 5.41) is 2.75. The van der Waals surface area contributed by atoms with Crippen LogP contribution < -0.4 is 0 Å². The van der Waals surface area contributed by atoms with Crippen molar-refractivity contribution in [3.05, 3.63) is 16.1 Å². The lowest BCUT2D eigenvalue weighted by molar-refractivity contribution is 0.0744. The molecule has 0 saturated carbocycles. The van der Waals surface area contributed by atoms with Gasteiger partial charge in [0.25, 0.3) is 5.91 Å². The highest BCUT2D eigenvalue weighted by Crippen LogP contribution is 2.21. The van der Waals surface area contributed by atoms with E-state index in [2.05, 4.69) is 4.98 Å². The Kier molecular flexibility index (Phi) is 3.26. The highest BCUT2D eigenvalue weighted by atomic mass is 35.5. The van der Waals surface area contributed by atoms with Crippen molar-refractivity contribution < 1.29 is 4.79 Å². The molecule has 2 heterocycles. The van der Waals surface area contributed by atoms with Crippen LogP contribution in [0.1, 0.15) is 28.3 Å². The molecular formula is C10H13ClN2OS. The van der Waals surface area contributed by atoms with E-state index in [1.165, 1.54) is 11.3 Å². The maximum Gasteiger partial charge on any atom is 0.273 e. The number of alkyl halides is 1. The molecule has 1 aromatic heterocycles. The molecule has 1 amide bonds. The first-order valence-electron chi connectivity index (χ1n) is 5.01. The summed E-state index contributed by atoms with van der Waals surface area (Å²) in [4.78, 5) is 18.1. The number of carbonyl (C=O) groups excluding carboxylic acids is 1. The van der Waals surface area contributed by atoms with Crippen LogP contribution in [0.15, 0.2) is 5.38 Å². The van der Waals surface area contributed by atoms with Gasteiger partial charge in [0.05, 0.1) is 5.01 Å². The second-order valence-electron chi connectivity index (χ2n) is 3.70. The molecule has 0 aromatic carbocycles. The van der Waals surface area contributed by atoms with Crippen molar-refractivity contribution in [1.82, 2.24) is 9.88 Å². The molecule has 1 atom stereocenters. The molecule has 3 nitrogen and oxygen atoms in total. The smallest absolute Gasteiger partial charge is 0.273 e. The molecule has 0 bridgehead atoms. The number of nitrogens with zero attached hydrogens (tertiary/aromatic N) is 2. The number of hydrogen-bond donors (Lipinski definition) is 0. The summed E-state index contributed by atoms with van der Waals surface area (Å²) in [6.07, 6.45) is 2.06. The van der Waals surface area contributed by atoms with E-state index in [0.29, 0.717) is 11.6 Å². The minimum absolute atomic E-state index is 0.0301. The van der Waals surface area contributed by atoms with Crippen molar-refractivity contribution in [3.63, 3.8) is 0 Å². The van der Waals surface area contributed by atoms with Crippen molar-refractivity contribution in [2.24, 2.45) is 0 Å². The number of aromatic nitrogens is 1. The van der Waals surface area contributed by atoms with Crippen molar-refractivity contribution in [3.8, 4) is 0 Å². The van der Waals surface area contributed by atoms with E-state index in [4.69, 9.17) is 11.6 Å². The van der Waals surface area contributed by atoms with E-state index in [0.717, 1.165) is 24.4 Å². The quantitative estimate of drug-likeness (QED) is 0.748. The summed E-state index contributed by atoms with van der Waals surface area (Å²) in [6, 6.07) is 0.196. The lowest BCUT2D eigenvalue weighted by atomic mass is 10.2. The van der Waals surface area contributed by atoms with Crippen molar-refractivity contribution in [1.29, 1.82) is 0 Å². The van der Waals surface area contributed by atoms with Gasteiger partial charge in [-0.1, -0.05) is 0 Å². The van der Waals surface area contributed by atoms with E-state index >= 15 is 0 Å². The van der Waals surface area contributed by atoms with Crippen LogP contribution in [0.4, 0.5) is 0 Å². The zero-order valence-electron chi connectivity index (χ0n) is 8.57. The second-order valence-corrected chi connectivity index (χ2v) is 5.07. The number of amides is 1. The fourth-order valence-electron chi connectivity index (χ4n) is 1.87. The molecule has 0 spiro atoms. The minimum Gasteiger partial charge on any atom is -0.333 e. The first-order chi connectivity index (χ1) is 7.22. The van der Waals surface area contributed by atoms with Gasteiger partial charge < -0.3 is 4.90 Å². The van der Waals surface area contributed by atoms with E-state index in [-0.39, 0.29) is 11.9 Å². The fraction of sp³-hybridized carbons (Fsp3) is 0.600. The van der Waals surface area contributed by atoms with Gasteiger partial charge >= 0.3 is 0 Å². The fourth-order valence-corrected chi connectivity index (χ4v) is 2.78. The number of thiazole rings is 1. The molecule has 2 rings (SSSR count). The molecule has 1 aliphatic rings. The summed E-state index contributed by atoms with van der Waals surface area (Å²) in [7, 11) is 0. The van der Waals surface area contributed by atoms with E-state index in [1.54, 1.807) is 0 Å². The summed E-state index contributed by atoms with van der Waals surface area (Å²) in [5.41, 5.74) is 0.564. The van der Waals surface area contributed by atoms with Gasteiger partial charge in [-0.15, -0.1) is 22.9 Å². The third-order valence-electron chi connectivity index (χ3n) is 2.65. The molecule has 15 heavy (non-hydrogen) atoms. The minimum atomic E-state index is 0.0301. The van der Waals surface area contributed by atoms with Crippen LogP contribution >= 0.6 is 22.9 Å². The third-order valence-corrected chi connectivity index (χ3v) is 3.78. The first kappa shape index (κ1) is 10.9. The van der Waals surface area contributed by atoms with Gasteiger partial charge in [-0.2, -0.15) is 0 Å². The maximum atomic E-state index is 12.0. The SMILES string of the molecule is Cc1nc(C(=O)N2CCCC2CCl)cs1. The normalized spacial score (nSPS) is 20.9. The Balaban J connectivity index is 2.13. The van der Waals surface area contributed by atoms with Crippen molar-refractivity contribution in [2.45, 2.75) is 25.8 Å². The highest BCUT2D eigenvalue weighted by Gasteiger charge is 2.29. The predicted octanol–water partition coefficient (Wildman–Crippen LogP) is 2.29. The van der Waals surface area contributed by atoms with Crippen LogP contribution in [0.5, 0.6) is 0 Å². The Morgan fingerprint density at radius 1 is 1.80 bits per heavy atom. The molecule has 1 unspecified atom stereocenters. The van der Waals surface area contributed by atoms with Crippen LogP contribution in [-0.2, 0) is 0 Å². The Morgan fingerprint density at radius 2 is 2.60 bits per heavy atom. The van der Waals surface area contributed by atoms with E-state index < -0.39 is 0 Å². The zero-order chi connectivity index (χ0) is 10.8. The lowest BCUT2D eigenvalue weighted by Crippen LogP contribution is -2.36. The number of aryl methyl sites for hydroxylation is 1. The molecular weight excluding hydrogens is 232 g/mol. The molecule has 0 radical (unpaired) electrons. The summed E-state index contributed by atoms with van der Waals surface area (Å²) in [5.74, 6) is 0.553. The number of hydrogen-bond acceptors (Lipinski definition) is 3. The summed E-state index contributed by atoms with van der Waals surface area (Å²) >= 11 is 7.34. The van der Waals surface area contributed by atoms with Crippen molar-refractivity contribution in [2.75, 3.05) is 12.4 Å². The molecule has 0 aliphatic carbocycles.